The normalized spacial score (nSPS) is 11.6. The minimum absolute atomic E-state index is 1.37. The molecule has 0 rings (SSSR count). The molecule has 259 valence electrons. The van der Waals surface area contributed by atoms with Crippen LogP contribution in [0.25, 0.3) is 0 Å². The van der Waals surface area contributed by atoms with E-state index in [0.717, 1.165) is 0 Å². The average molecular weight is 604 g/mol. The molecular formula is C43H87. The zero-order valence-corrected chi connectivity index (χ0v) is 30.9. The molecule has 0 N–H and O–H groups in total. The Kier molecular flexibility index (Phi) is 42.0. The van der Waals surface area contributed by atoms with Crippen molar-refractivity contribution >= 4 is 0 Å². The Bertz CT molecular complexity index is 399. The SMILES string of the molecule is CCCCCCCCCCCCCCCCCCCC[CH]CCCCCCCCCCCCCCCCCCCCCC. The molecule has 43 heavy (non-hydrogen) atoms. The van der Waals surface area contributed by atoms with Crippen molar-refractivity contribution in [3.8, 4) is 0 Å². The van der Waals surface area contributed by atoms with Crippen molar-refractivity contribution in [1.29, 1.82) is 0 Å². The Morgan fingerprint density at radius 3 is 0.488 bits per heavy atom. The fourth-order valence-electron chi connectivity index (χ4n) is 6.88. The molecule has 0 heterocycles. The van der Waals surface area contributed by atoms with Crippen LogP contribution < -0.4 is 0 Å². The molecule has 0 aromatic heterocycles. The summed E-state index contributed by atoms with van der Waals surface area (Å²) in [4.78, 5) is 0. The summed E-state index contributed by atoms with van der Waals surface area (Å²) in [6, 6.07) is 0. The average Bonchev–Trinajstić information content (AvgIpc) is 3.02. The maximum absolute atomic E-state index is 2.60. The van der Waals surface area contributed by atoms with E-state index in [9.17, 15) is 0 Å². The van der Waals surface area contributed by atoms with Crippen LogP contribution in [0.15, 0.2) is 0 Å². The zero-order valence-electron chi connectivity index (χ0n) is 30.9. The molecular weight excluding hydrogens is 516 g/mol. The second-order valence-corrected chi connectivity index (χ2v) is 14.6. The fourth-order valence-corrected chi connectivity index (χ4v) is 6.88. The molecule has 0 aromatic carbocycles. The molecule has 0 aliphatic heterocycles. The van der Waals surface area contributed by atoms with Crippen LogP contribution in [0, 0.1) is 6.42 Å². The fraction of sp³-hybridized carbons (Fsp3) is 0.977. The van der Waals surface area contributed by atoms with Crippen molar-refractivity contribution in [3.05, 3.63) is 6.42 Å². The molecule has 0 saturated heterocycles. The van der Waals surface area contributed by atoms with Gasteiger partial charge in [0.2, 0.25) is 0 Å². The summed E-state index contributed by atoms with van der Waals surface area (Å²) < 4.78 is 0. The highest BCUT2D eigenvalue weighted by Gasteiger charge is 1.98. The number of hydrogen-bond acceptors (Lipinski definition) is 0. The lowest BCUT2D eigenvalue weighted by Crippen LogP contribution is -1.85. The maximum Gasteiger partial charge on any atom is -0.0386 e. The van der Waals surface area contributed by atoms with Gasteiger partial charge in [0.05, 0.1) is 0 Å². The van der Waals surface area contributed by atoms with Crippen molar-refractivity contribution in [2.45, 2.75) is 271 Å². The summed E-state index contributed by atoms with van der Waals surface area (Å²) in [6.07, 6.45) is 61.4. The molecule has 0 atom stereocenters. The van der Waals surface area contributed by atoms with Gasteiger partial charge in [-0.3, -0.25) is 0 Å². The largest absolute Gasteiger partial charge is 0.0654 e. The third-order valence-corrected chi connectivity index (χ3v) is 10.0. The van der Waals surface area contributed by atoms with Gasteiger partial charge in [-0.25, -0.2) is 0 Å². The number of unbranched alkanes of at least 4 members (excludes halogenated alkanes) is 40. The smallest absolute Gasteiger partial charge is 0.0386 e. The van der Waals surface area contributed by atoms with Gasteiger partial charge in [0, 0.05) is 0 Å². The first-order valence-electron chi connectivity index (χ1n) is 21.2. The Hall–Kier alpha value is 0. The van der Waals surface area contributed by atoms with Gasteiger partial charge in [0.1, 0.15) is 0 Å². The monoisotopic (exact) mass is 604 g/mol. The number of hydrogen-bond donors (Lipinski definition) is 0. The van der Waals surface area contributed by atoms with E-state index in [4.69, 9.17) is 0 Å². The summed E-state index contributed by atoms with van der Waals surface area (Å²) >= 11 is 0. The van der Waals surface area contributed by atoms with Gasteiger partial charge < -0.3 is 0 Å². The lowest BCUT2D eigenvalue weighted by Gasteiger charge is -2.05. The Labute approximate surface area is 276 Å². The van der Waals surface area contributed by atoms with Crippen molar-refractivity contribution in [2.75, 3.05) is 0 Å². The molecule has 1 radical (unpaired) electrons. The Morgan fingerprint density at radius 1 is 0.186 bits per heavy atom. The summed E-state index contributed by atoms with van der Waals surface area (Å²) in [7, 11) is 0. The van der Waals surface area contributed by atoms with Crippen LogP contribution in [0.1, 0.15) is 271 Å². The molecule has 0 aromatic rings. The van der Waals surface area contributed by atoms with Crippen LogP contribution in [0.4, 0.5) is 0 Å². The van der Waals surface area contributed by atoms with Gasteiger partial charge in [-0.2, -0.15) is 0 Å². The molecule has 0 amide bonds. The quantitative estimate of drug-likeness (QED) is 0.0611. The van der Waals surface area contributed by atoms with E-state index >= 15 is 0 Å². The van der Waals surface area contributed by atoms with E-state index in [2.05, 4.69) is 20.3 Å². The van der Waals surface area contributed by atoms with Crippen molar-refractivity contribution < 1.29 is 0 Å². The van der Waals surface area contributed by atoms with Crippen LogP contribution in [0.2, 0.25) is 0 Å². The first-order chi connectivity index (χ1) is 21.4. The van der Waals surface area contributed by atoms with Crippen LogP contribution in [-0.4, -0.2) is 0 Å². The van der Waals surface area contributed by atoms with Crippen LogP contribution in [0.5, 0.6) is 0 Å². The standard InChI is InChI=1S/C43H87/c1-3-5-7-9-11-13-15-17-19-21-23-25-27-29-31-33-35-37-39-41-43-42-40-38-36-34-32-30-28-26-24-22-20-18-16-14-12-10-8-6-4-2/h41H,3-40,42-43H2,1-2H3. The lowest BCUT2D eigenvalue weighted by atomic mass is 10.0. The van der Waals surface area contributed by atoms with Gasteiger partial charge in [-0.1, -0.05) is 271 Å². The summed E-state index contributed by atoms with van der Waals surface area (Å²) in [5.74, 6) is 0. The highest BCUT2D eigenvalue weighted by molar-refractivity contribution is 4.65. The molecule has 0 unspecified atom stereocenters. The van der Waals surface area contributed by atoms with Crippen molar-refractivity contribution in [1.82, 2.24) is 0 Å². The van der Waals surface area contributed by atoms with E-state index in [1.54, 1.807) is 0 Å². The van der Waals surface area contributed by atoms with Crippen LogP contribution >= 0.6 is 0 Å². The van der Waals surface area contributed by atoms with Gasteiger partial charge in [0.25, 0.3) is 0 Å². The molecule has 0 saturated carbocycles. The van der Waals surface area contributed by atoms with Gasteiger partial charge in [-0.05, 0) is 6.42 Å². The van der Waals surface area contributed by atoms with Crippen molar-refractivity contribution in [3.63, 3.8) is 0 Å². The summed E-state index contributed by atoms with van der Waals surface area (Å²) in [5, 5.41) is 0. The molecule has 0 heteroatoms. The highest BCUT2D eigenvalue weighted by Crippen LogP contribution is 2.17. The van der Waals surface area contributed by atoms with Gasteiger partial charge in [0.15, 0.2) is 0 Å². The molecule has 0 aliphatic rings. The van der Waals surface area contributed by atoms with E-state index < -0.39 is 0 Å². The predicted molar refractivity (Wildman–Crippen MR) is 200 cm³/mol. The van der Waals surface area contributed by atoms with E-state index in [0.29, 0.717) is 0 Å². The number of rotatable bonds is 40. The molecule has 0 nitrogen and oxygen atoms in total. The van der Waals surface area contributed by atoms with Crippen LogP contribution in [-0.2, 0) is 0 Å². The van der Waals surface area contributed by atoms with Crippen molar-refractivity contribution in [2.24, 2.45) is 0 Å². The van der Waals surface area contributed by atoms with E-state index in [1.165, 1.54) is 257 Å². The van der Waals surface area contributed by atoms with E-state index in [1.807, 2.05) is 0 Å². The lowest BCUT2D eigenvalue weighted by molar-refractivity contribution is 0.520. The predicted octanol–water partition coefficient (Wildman–Crippen LogP) is 16.8. The summed E-state index contributed by atoms with van der Waals surface area (Å²) in [5.41, 5.74) is 0. The molecule has 0 bridgehead atoms. The Balaban J connectivity index is 3.02. The third kappa shape index (κ3) is 42.0. The minimum Gasteiger partial charge on any atom is -0.0654 e. The van der Waals surface area contributed by atoms with Crippen LogP contribution in [0.3, 0.4) is 0 Å². The molecule has 0 fully saturated rings. The first kappa shape index (κ1) is 43.0. The van der Waals surface area contributed by atoms with Gasteiger partial charge >= 0.3 is 0 Å². The van der Waals surface area contributed by atoms with E-state index in [-0.39, 0.29) is 0 Å². The zero-order chi connectivity index (χ0) is 31.0. The molecule has 0 spiro atoms. The summed E-state index contributed by atoms with van der Waals surface area (Å²) in [6.45, 7) is 4.62. The third-order valence-electron chi connectivity index (χ3n) is 10.0. The second kappa shape index (κ2) is 42.0. The molecule has 0 aliphatic carbocycles. The van der Waals surface area contributed by atoms with Gasteiger partial charge in [-0.15, -0.1) is 0 Å². The second-order valence-electron chi connectivity index (χ2n) is 14.6. The first-order valence-corrected chi connectivity index (χ1v) is 21.2. The highest BCUT2D eigenvalue weighted by atomic mass is 14.0. The minimum atomic E-state index is 1.37. The maximum atomic E-state index is 2.60. The topological polar surface area (TPSA) is 0 Å². The Morgan fingerprint density at radius 2 is 0.326 bits per heavy atom.